The summed E-state index contributed by atoms with van der Waals surface area (Å²) in [5.74, 6) is 0.176. The third kappa shape index (κ3) is 6.92. The van der Waals surface area contributed by atoms with E-state index in [9.17, 15) is 8.42 Å². The summed E-state index contributed by atoms with van der Waals surface area (Å²) in [6.07, 6.45) is 2.01. The maximum Gasteiger partial charge on any atom is 0.148 e. The van der Waals surface area contributed by atoms with Gasteiger partial charge in [-0.1, -0.05) is 23.7 Å². The first-order valence-electron chi connectivity index (χ1n) is 6.15. The van der Waals surface area contributed by atoms with E-state index in [2.05, 4.69) is 0 Å². The van der Waals surface area contributed by atoms with E-state index in [-0.39, 0.29) is 11.8 Å². The Kier molecular flexibility index (Phi) is 6.26. The van der Waals surface area contributed by atoms with Crippen molar-refractivity contribution >= 4 is 21.4 Å². The Balaban J connectivity index is 2.40. The number of rotatable bonds is 7. The van der Waals surface area contributed by atoms with Crippen molar-refractivity contribution in [1.29, 1.82) is 0 Å². The number of hydrogen-bond donors (Lipinski definition) is 1. The molecule has 0 aliphatic heterocycles. The fourth-order valence-corrected chi connectivity index (χ4v) is 2.54. The van der Waals surface area contributed by atoms with Gasteiger partial charge in [0.15, 0.2) is 0 Å². The zero-order valence-electron chi connectivity index (χ0n) is 11.3. The molecule has 2 N–H and O–H groups in total. The van der Waals surface area contributed by atoms with Crippen LogP contribution in [0.2, 0.25) is 5.02 Å². The van der Waals surface area contributed by atoms with E-state index in [1.54, 1.807) is 0 Å². The molecule has 0 spiro atoms. The quantitative estimate of drug-likeness (QED) is 0.833. The molecule has 0 heterocycles. The van der Waals surface area contributed by atoms with Crippen LogP contribution >= 0.6 is 11.6 Å². The van der Waals surface area contributed by atoms with Crippen molar-refractivity contribution < 1.29 is 8.42 Å². The first kappa shape index (κ1) is 16.4. The Morgan fingerprint density at radius 1 is 1.37 bits per heavy atom. The standard InChI is InChI=1S/C13H21ClN2O2S/c1-16(8-9-19(2,17)18)7-6-13(15)11-4-3-5-12(14)10-11/h3-5,10,13H,6-9,15H2,1-2H3. The predicted molar refractivity (Wildman–Crippen MR) is 80.2 cm³/mol. The van der Waals surface area contributed by atoms with Crippen LogP contribution in [0.4, 0.5) is 0 Å². The van der Waals surface area contributed by atoms with Crippen LogP contribution in [0.3, 0.4) is 0 Å². The second kappa shape index (κ2) is 7.24. The van der Waals surface area contributed by atoms with Crippen molar-refractivity contribution in [3.05, 3.63) is 34.9 Å². The van der Waals surface area contributed by atoms with Gasteiger partial charge < -0.3 is 10.6 Å². The molecule has 0 bridgehead atoms. The molecule has 19 heavy (non-hydrogen) atoms. The molecule has 0 aromatic heterocycles. The molecule has 0 radical (unpaired) electrons. The van der Waals surface area contributed by atoms with Crippen molar-refractivity contribution in [3.8, 4) is 0 Å². The maximum absolute atomic E-state index is 11.1. The van der Waals surface area contributed by atoms with Crippen molar-refractivity contribution in [2.45, 2.75) is 12.5 Å². The summed E-state index contributed by atoms with van der Waals surface area (Å²) in [5.41, 5.74) is 7.09. The SMILES string of the molecule is CN(CCC(N)c1cccc(Cl)c1)CCS(C)(=O)=O. The lowest BCUT2D eigenvalue weighted by Gasteiger charge is -2.19. The molecule has 0 aliphatic carbocycles. The fraction of sp³-hybridized carbons (Fsp3) is 0.538. The molecule has 0 fully saturated rings. The summed E-state index contributed by atoms with van der Waals surface area (Å²) in [4.78, 5) is 1.98. The highest BCUT2D eigenvalue weighted by Gasteiger charge is 2.09. The lowest BCUT2D eigenvalue weighted by molar-refractivity contribution is 0.335. The molecular weight excluding hydrogens is 284 g/mol. The number of nitrogens with two attached hydrogens (primary N) is 1. The smallest absolute Gasteiger partial charge is 0.148 e. The van der Waals surface area contributed by atoms with Gasteiger partial charge in [0.2, 0.25) is 0 Å². The molecule has 1 unspecified atom stereocenters. The van der Waals surface area contributed by atoms with Crippen LogP contribution < -0.4 is 5.73 Å². The Hall–Kier alpha value is -0.620. The van der Waals surface area contributed by atoms with E-state index >= 15 is 0 Å². The summed E-state index contributed by atoms with van der Waals surface area (Å²) in [5, 5.41) is 0.679. The molecule has 0 saturated heterocycles. The van der Waals surface area contributed by atoms with Gasteiger partial charge >= 0.3 is 0 Å². The predicted octanol–water partition coefficient (Wildman–Crippen LogP) is 1.71. The van der Waals surface area contributed by atoms with Gasteiger partial charge in [-0.3, -0.25) is 0 Å². The minimum absolute atomic E-state index is 0.0839. The van der Waals surface area contributed by atoms with Crippen LogP contribution in [0.15, 0.2) is 24.3 Å². The Morgan fingerprint density at radius 2 is 2.05 bits per heavy atom. The van der Waals surface area contributed by atoms with Crippen LogP contribution in [-0.2, 0) is 9.84 Å². The third-order valence-electron chi connectivity index (χ3n) is 2.94. The third-order valence-corrected chi connectivity index (χ3v) is 4.10. The van der Waals surface area contributed by atoms with Gasteiger partial charge in [0.1, 0.15) is 9.84 Å². The molecule has 1 atom stereocenters. The molecule has 6 heteroatoms. The van der Waals surface area contributed by atoms with E-state index in [0.717, 1.165) is 18.5 Å². The van der Waals surface area contributed by atoms with Crippen LogP contribution in [0, 0.1) is 0 Å². The van der Waals surface area contributed by atoms with Crippen molar-refractivity contribution in [2.24, 2.45) is 5.73 Å². The first-order valence-corrected chi connectivity index (χ1v) is 8.59. The largest absolute Gasteiger partial charge is 0.324 e. The number of benzene rings is 1. The summed E-state index contributed by atoms with van der Waals surface area (Å²) in [6, 6.07) is 7.43. The monoisotopic (exact) mass is 304 g/mol. The highest BCUT2D eigenvalue weighted by Crippen LogP contribution is 2.18. The maximum atomic E-state index is 11.1. The Bertz CT molecular complexity index is 505. The van der Waals surface area contributed by atoms with Gasteiger partial charge in [-0.05, 0) is 37.7 Å². The number of sulfone groups is 1. The van der Waals surface area contributed by atoms with Gasteiger partial charge in [-0.2, -0.15) is 0 Å². The fourth-order valence-electron chi connectivity index (χ4n) is 1.70. The van der Waals surface area contributed by atoms with Gasteiger partial charge in [0, 0.05) is 23.9 Å². The summed E-state index contributed by atoms with van der Waals surface area (Å²) in [7, 11) is -1.01. The molecule has 108 valence electrons. The van der Waals surface area contributed by atoms with Gasteiger partial charge in [-0.25, -0.2) is 8.42 Å². The molecule has 0 saturated carbocycles. The van der Waals surface area contributed by atoms with Gasteiger partial charge in [0.25, 0.3) is 0 Å². The van der Waals surface area contributed by atoms with E-state index in [4.69, 9.17) is 17.3 Å². The van der Waals surface area contributed by atoms with Crippen molar-refractivity contribution in [3.63, 3.8) is 0 Å². The highest BCUT2D eigenvalue weighted by molar-refractivity contribution is 7.90. The highest BCUT2D eigenvalue weighted by atomic mass is 35.5. The number of nitrogens with zero attached hydrogens (tertiary/aromatic N) is 1. The first-order chi connectivity index (χ1) is 8.78. The number of hydrogen-bond acceptors (Lipinski definition) is 4. The minimum atomic E-state index is -2.91. The molecule has 0 amide bonds. The van der Waals surface area contributed by atoms with Crippen LogP contribution in [-0.4, -0.2) is 45.5 Å². The van der Waals surface area contributed by atoms with Crippen LogP contribution in [0.1, 0.15) is 18.0 Å². The number of halogens is 1. The van der Waals surface area contributed by atoms with Gasteiger partial charge in [0.05, 0.1) is 5.75 Å². The van der Waals surface area contributed by atoms with Crippen LogP contribution in [0.25, 0.3) is 0 Å². The zero-order valence-corrected chi connectivity index (χ0v) is 12.9. The van der Waals surface area contributed by atoms with Gasteiger partial charge in [-0.15, -0.1) is 0 Å². The van der Waals surface area contributed by atoms with Crippen molar-refractivity contribution in [1.82, 2.24) is 4.90 Å². The summed E-state index contributed by atoms with van der Waals surface area (Å²) >= 11 is 5.92. The Morgan fingerprint density at radius 3 is 2.63 bits per heavy atom. The van der Waals surface area contributed by atoms with E-state index in [1.165, 1.54) is 6.26 Å². The molecule has 1 rings (SSSR count). The second-order valence-corrected chi connectivity index (χ2v) is 7.58. The average molecular weight is 305 g/mol. The van der Waals surface area contributed by atoms with E-state index in [0.29, 0.717) is 11.6 Å². The zero-order chi connectivity index (χ0) is 14.5. The Labute approximate surface area is 120 Å². The van der Waals surface area contributed by atoms with E-state index < -0.39 is 9.84 Å². The molecule has 0 aliphatic rings. The summed E-state index contributed by atoms with van der Waals surface area (Å²) < 4.78 is 22.1. The average Bonchev–Trinajstić information content (AvgIpc) is 2.32. The second-order valence-electron chi connectivity index (χ2n) is 4.88. The molecule has 1 aromatic rings. The lowest BCUT2D eigenvalue weighted by atomic mass is 10.0. The normalized spacial score (nSPS) is 13.7. The van der Waals surface area contributed by atoms with Crippen molar-refractivity contribution in [2.75, 3.05) is 32.1 Å². The minimum Gasteiger partial charge on any atom is -0.324 e. The molecular formula is C13H21ClN2O2S. The molecule has 1 aromatic carbocycles. The van der Waals surface area contributed by atoms with Crippen LogP contribution in [0.5, 0.6) is 0 Å². The summed E-state index contributed by atoms with van der Waals surface area (Å²) in [6.45, 7) is 1.28. The lowest BCUT2D eigenvalue weighted by Crippen LogP contribution is -2.28. The topological polar surface area (TPSA) is 63.4 Å². The molecule has 4 nitrogen and oxygen atoms in total. The van der Waals surface area contributed by atoms with E-state index in [1.807, 2.05) is 36.2 Å².